The summed E-state index contributed by atoms with van der Waals surface area (Å²) >= 11 is 14.6. The summed E-state index contributed by atoms with van der Waals surface area (Å²) in [5.74, 6) is 0. The van der Waals surface area contributed by atoms with Gasteiger partial charge in [-0.05, 0) is 86.6 Å². The second kappa shape index (κ2) is 20.6. The summed E-state index contributed by atoms with van der Waals surface area (Å²) < 4.78 is 0. The van der Waals surface area contributed by atoms with Gasteiger partial charge in [0.25, 0.3) is 0 Å². The number of hydrogen-bond donors (Lipinski definition) is 0. The van der Waals surface area contributed by atoms with Crippen LogP contribution in [-0.4, -0.2) is 0 Å². The summed E-state index contributed by atoms with van der Waals surface area (Å²) in [6.45, 7) is 0. The molecule has 0 nitrogen and oxygen atoms in total. The molecule has 4 aromatic rings. The van der Waals surface area contributed by atoms with E-state index in [1.807, 2.05) is 61.1 Å². The van der Waals surface area contributed by atoms with E-state index in [0.717, 1.165) is 0 Å². The van der Waals surface area contributed by atoms with E-state index in [9.17, 15) is 0 Å². The molecule has 0 aromatic heterocycles. The van der Waals surface area contributed by atoms with Gasteiger partial charge in [-0.1, -0.05) is 72.8 Å². The van der Waals surface area contributed by atoms with Crippen molar-refractivity contribution < 1.29 is 17.0 Å². The lowest BCUT2D eigenvalue weighted by atomic mass is 10.3. The first-order chi connectivity index (χ1) is 15.4. The Morgan fingerprint density at radius 3 is 0.656 bits per heavy atom. The smallest absolute Gasteiger partial charge is 0.144 e. The van der Waals surface area contributed by atoms with Crippen molar-refractivity contribution in [2.24, 2.45) is 0 Å². The predicted molar refractivity (Wildman–Crippen MR) is 180 cm³/mol. The minimum Gasteiger partial charge on any atom is -1.00 e. The molecule has 0 saturated heterocycles. The summed E-state index contributed by atoms with van der Waals surface area (Å²) in [6.07, 6.45) is 0. The predicted octanol–water partition coefficient (Wildman–Crippen LogP) is 6.50. The molecular weight excluding hydrogens is 1020 g/mol. The lowest BCUT2D eigenvalue weighted by molar-refractivity contribution is -0.00000523. The third kappa shape index (κ3) is 8.82. The van der Waals surface area contributed by atoms with Crippen LogP contribution in [0.2, 0.25) is 0 Å². The van der Waals surface area contributed by atoms with Crippen LogP contribution >= 0.6 is 106 Å². The van der Waals surface area contributed by atoms with E-state index >= 15 is 0 Å². The Labute approximate surface area is 261 Å². The topological polar surface area (TPSA) is 0 Å². The van der Waals surface area contributed by atoms with Gasteiger partial charge in [0.2, 0.25) is 0 Å². The highest BCUT2D eigenvalue weighted by Crippen LogP contribution is 2.53. The third-order valence-electron chi connectivity index (χ3n) is 4.57. The van der Waals surface area contributed by atoms with Gasteiger partial charge in [-0.2, -0.15) is 0 Å². The summed E-state index contributed by atoms with van der Waals surface area (Å²) in [4.78, 5) is 0. The summed E-state index contributed by atoms with van der Waals surface area (Å²) in [5, 5.41) is 5.55. The van der Waals surface area contributed by atoms with Crippen LogP contribution < -0.4 is 38.2 Å². The number of rotatable bonds is 4. The highest BCUT2D eigenvalue weighted by atomic mass is 127. The van der Waals surface area contributed by atoms with Gasteiger partial charge in [0, 0.05) is 61.1 Å². The van der Waals surface area contributed by atoms with Crippen molar-refractivity contribution in [1.29, 1.82) is 0 Å². The van der Waals surface area contributed by atoms with Gasteiger partial charge < -0.3 is 17.0 Å². The van der Waals surface area contributed by atoms with Gasteiger partial charge in [-0.15, -0.1) is 0 Å². The van der Waals surface area contributed by atoms with Gasteiger partial charge in [-0.3, -0.25) is 0 Å². The Balaban J connectivity index is 0.00000127. The SMILES string of the molecule is BrI.BrI.BrI.[Br-].c1ccc([P+](c2ccccc2)(c2ccccc2)c2ccccc2)cc1. The molecule has 0 unspecified atom stereocenters. The molecule has 0 saturated carbocycles. The first-order valence-corrected chi connectivity index (χ1v) is 25.3. The fourth-order valence-corrected chi connectivity index (χ4v) is 7.77. The Kier molecular flexibility index (Phi) is 21.5. The zero-order valence-electron chi connectivity index (χ0n) is 16.6. The van der Waals surface area contributed by atoms with Gasteiger partial charge in [-0.25, -0.2) is 0 Å². The monoisotopic (exact) mass is 1040 g/mol. The van der Waals surface area contributed by atoms with Crippen LogP contribution in [0, 0.1) is 0 Å². The molecule has 4 aromatic carbocycles. The molecule has 0 heterocycles. The molecule has 0 bridgehead atoms. The van der Waals surface area contributed by atoms with Gasteiger partial charge in [0.05, 0.1) is 0 Å². The van der Waals surface area contributed by atoms with Crippen molar-refractivity contribution in [3.05, 3.63) is 121 Å². The average molecular weight is 1040 g/mol. The summed E-state index contributed by atoms with van der Waals surface area (Å²) in [6, 6.07) is 43.8. The normalized spacial score (nSPS) is 9.31. The summed E-state index contributed by atoms with van der Waals surface area (Å²) in [7, 11) is -1.91. The number of hydrogen-bond acceptors (Lipinski definition) is 0. The average Bonchev–Trinajstić information content (AvgIpc) is 2.91. The van der Waals surface area contributed by atoms with Crippen LogP contribution in [0.15, 0.2) is 121 Å². The zero-order valence-corrected chi connectivity index (χ0v) is 30.4. The lowest BCUT2D eigenvalue weighted by Gasteiger charge is -2.27. The Morgan fingerprint density at radius 2 is 0.500 bits per heavy atom. The quantitative estimate of drug-likeness (QED) is 0.162. The molecule has 0 spiro atoms. The van der Waals surface area contributed by atoms with Crippen LogP contribution in [0.1, 0.15) is 0 Å². The maximum absolute atomic E-state index is 2.91. The van der Waals surface area contributed by atoms with Crippen LogP contribution in [0.3, 0.4) is 0 Å². The molecule has 0 N–H and O–H groups in total. The second-order valence-electron chi connectivity index (χ2n) is 6.01. The van der Waals surface area contributed by atoms with E-state index in [1.165, 1.54) is 21.2 Å². The Bertz CT molecular complexity index is 784. The first kappa shape index (κ1) is 33.4. The fraction of sp³-hybridized carbons (Fsp3) is 0. The van der Waals surface area contributed by atoms with Crippen molar-refractivity contribution >= 4 is 128 Å². The van der Waals surface area contributed by atoms with Gasteiger partial charge in [0.15, 0.2) is 0 Å². The molecule has 170 valence electrons. The molecule has 4 rings (SSSR count). The standard InChI is InChI=1S/C24H20P.3BrI.BrH/c1-5-13-21(14-6-1)25(22-15-7-2-8-16-22,23-17-9-3-10-18-23)24-19-11-4-12-20-24;3*1-2;/h1-20H;;;;1H/q+1;;;;/p-1. The third-order valence-corrected chi connectivity index (χ3v) is 8.86. The molecule has 0 radical (unpaired) electrons. The van der Waals surface area contributed by atoms with Crippen molar-refractivity contribution in [3.8, 4) is 0 Å². The highest BCUT2D eigenvalue weighted by Gasteiger charge is 2.47. The van der Waals surface area contributed by atoms with Crippen molar-refractivity contribution in [1.82, 2.24) is 0 Å². The zero-order chi connectivity index (χ0) is 23.0. The lowest BCUT2D eigenvalue weighted by Crippen LogP contribution is -3.00. The molecular formula is C24H20Br4I3P. The van der Waals surface area contributed by atoms with E-state index < -0.39 is 7.26 Å². The largest absolute Gasteiger partial charge is 1.00 e. The fourth-order valence-electron chi connectivity index (χ4n) is 3.50. The highest BCUT2D eigenvalue weighted by molar-refractivity contribution is 14.2. The molecule has 0 aliphatic heterocycles. The van der Waals surface area contributed by atoms with Gasteiger partial charge in [0.1, 0.15) is 28.5 Å². The number of halogens is 7. The summed E-state index contributed by atoms with van der Waals surface area (Å²) in [5.41, 5.74) is 0. The van der Waals surface area contributed by atoms with Crippen LogP contribution in [0.4, 0.5) is 0 Å². The molecule has 0 fully saturated rings. The molecule has 0 amide bonds. The van der Waals surface area contributed by atoms with Crippen LogP contribution in [0.5, 0.6) is 0 Å². The van der Waals surface area contributed by atoms with E-state index in [2.05, 4.69) is 159 Å². The van der Waals surface area contributed by atoms with Crippen molar-refractivity contribution in [2.75, 3.05) is 0 Å². The van der Waals surface area contributed by atoms with E-state index in [4.69, 9.17) is 0 Å². The van der Waals surface area contributed by atoms with Crippen molar-refractivity contribution in [2.45, 2.75) is 0 Å². The minimum atomic E-state index is -1.91. The molecule has 0 aliphatic carbocycles. The van der Waals surface area contributed by atoms with E-state index in [0.29, 0.717) is 0 Å². The molecule has 32 heavy (non-hydrogen) atoms. The Hall–Kier alpha value is 1.42. The van der Waals surface area contributed by atoms with Crippen LogP contribution in [0.25, 0.3) is 0 Å². The molecule has 0 aliphatic rings. The van der Waals surface area contributed by atoms with E-state index in [1.54, 1.807) is 0 Å². The minimum absolute atomic E-state index is 0. The van der Waals surface area contributed by atoms with Gasteiger partial charge >= 0.3 is 0 Å². The Morgan fingerprint density at radius 1 is 0.344 bits per heavy atom. The van der Waals surface area contributed by atoms with Crippen LogP contribution in [-0.2, 0) is 0 Å². The molecule has 0 atom stereocenters. The van der Waals surface area contributed by atoms with E-state index in [-0.39, 0.29) is 17.0 Å². The van der Waals surface area contributed by atoms with Crippen molar-refractivity contribution in [3.63, 3.8) is 0 Å². The second-order valence-corrected chi connectivity index (χ2v) is 9.42. The maximum Gasteiger partial charge on any atom is 0.144 e. The first-order valence-electron chi connectivity index (χ1n) is 8.97. The molecule has 8 heteroatoms. The number of benzene rings is 4. The maximum atomic E-state index is 2.91.